The number of aliphatic hydroxyl groups excluding tert-OH is 1. The molecule has 2 atom stereocenters. The minimum absolute atomic E-state index is 0.0365. The number of aromatic hydroxyl groups is 1. The average molecular weight is 386 g/mol. The summed E-state index contributed by atoms with van der Waals surface area (Å²) in [5.41, 5.74) is 5.86. The van der Waals surface area contributed by atoms with Gasteiger partial charge in [0.15, 0.2) is 0 Å². The molecule has 0 saturated heterocycles. The van der Waals surface area contributed by atoms with Crippen molar-refractivity contribution in [2.45, 2.75) is 83.6 Å². The van der Waals surface area contributed by atoms with Gasteiger partial charge in [0.1, 0.15) is 5.75 Å². The van der Waals surface area contributed by atoms with Crippen molar-refractivity contribution in [1.29, 1.82) is 0 Å². The van der Waals surface area contributed by atoms with Crippen molar-refractivity contribution in [3.05, 3.63) is 23.8 Å². The highest BCUT2D eigenvalue weighted by atomic mass is 32.2. The summed E-state index contributed by atoms with van der Waals surface area (Å²) in [6.07, 6.45) is 6.90. The van der Waals surface area contributed by atoms with Gasteiger partial charge in [0, 0.05) is 16.2 Å². The van der Waals surface area contributed by atoms with Crippen LogP contribution in [0, 0.1) is 5.92 Å². The average Bonchev–Trinajstić information content (AvgIpc) is 2.65. The molecule has 1 aliphatic carbocycles. The molecule has 4 nitrogen and oxygen atoms in total. The van der Waals surface area contributed by atoms with Crippen molar-refractivity contribution < 1.29 is 14.4 Å². The molecule has 1 fully saturated rings. The van der Waals surface area contributed by atoms with E-state index in [2.05, 4.69) is 13.8 Å². The first kappa shape index (κ1) is 25.1. The third kappa shape index (κ3) is 9.15. The van der Waals surface area contributed by atoms with Gasteiger partial charge < -0.3 is 15.9 Å². The van der Waals surface area contributed by atoms with Crippen LogP contribution in [0.5, 0.6) is 5.75 Å². The van der Waals surface area contributed by atoms with E-state index in [1.54, 1.807) is 12.1 Å². The van der Waals surface area contributed by atoms with Gasteiger partial charge in [0.2, 0.25) is 0 Å². The maximum atomic E-state index is 12.5. The lowest BCUT2D eigenvalue weighted by Gasteiger charge is -2.21. The quantitative estimate of drug-likeness (QED) is 0.650. The maximum absolute atomic E-state index is 12.5. The molecule has 1 saturated carbocycles. The Labute approximate surface area is 162 Å². The predicted octanol–water partition coefficient (Wildman–Crippen LogP) is 4.90. The number of rotatable bonds is 6. The summed E-state index contributed by atoms with van der Waals surface area (Å²) >= 11 is 0. The monoisotopic (exact) mass is 385 g/mol. The molecule has 0 aromatic heterocycles. The van der Waals surface area contributed by atoms with Gasteiger partial charge in [0.25, 0.3) is 0 Å². The number of aliphatic hydroxyl groups is 1. The van der Waals surface area contributed by atoms with Gasteiger partial charge in [-0.05, 0) is 49.9 Å². The molecule has 0 amide bonds. The highest BCUT2D eigenvalue weighted by molar-refractivity contribution is 7.85. The van der Waals surface area contributed by atoms with Crippen LogP contribution in [0.1, 0.15) is 84.3 Å². The zero-order chi connectivity index (χ0) is 19.9. The highest BCUT2D eigenvalue weighted by Gasteiger charge is 2.19. The second-order valence-electron chi connectivity index (χ2n) is 6.54. The van der Waals surface area contributed by atoms with E-state index in [-0.39, 0.29) is 5.75 Å². The van der Waals surface area contributed by atoms with Crippen LogP contribution < -0.4 is 5.73 Å². The fraction of sp³-hybridized carbons (Fsp3) is 0.714. The molecule has 5 heteroatoms. The molecule has 152 valence electrons. The van der Waals surface area contributed by atoms with Crippen LogP contribution in [0.15, 0.2) is 23.1 Å². The molecule has 4 N–H and O–H groups in total. The van der Waals surface area contributed by atoms with Crippen LogP contribution >= 0.6 is 0 Å². The minimum atomic E-state index is -1.07. The predicted molar refractivity (Wildman–Crippen MR) is 112 cm³/mol. The van der Waals surface area contributed by atoms with Crippen molar-refractivity contribution in [2.24, 2.45) is 11.7 Å². The van der Waals surface area contributed by atoms with E-state index in [0.717, 1.165) is 12.8 Å². The van der Waals surface area contributed by atoms with Crippen molar-refractivity contribution in [1.82, 2.24) is 0 Å². The number of nitrogens with two attached hydrogens (primary N) is 1. The van der Waals surface area contributed by atoms with Crippen LogP contribution in [0.2, 0.25) is 0 Å². The molecular weight excluding hydrogens is 346 g/mol. The Morgan fingerprint density at radius 3 is 2.31 bits per heavy atom. The molecule has 1 aromatic rings. The molecule has 2 unspecified atom stereocenters. The van der Waals surface area contributed by atoms with E-state index in [9.17, 15) is 14.4 Å². The molecule has 2 rings (SSSR count). The van der Waals surface area contributed by atoms with E-state index >= 15 is 0 Å². The number of hydrogen-bond donors (Lipinski definition) is 3. The van der Waals surface area contributed by atoms with Gasteiger partial charge in [-0.2, -0.15) is 0 Å². The van der Waals surface area contributed by atoms with Gasteiger partial charge in [-0.3, -0.25) is 4.21 Å². The van der Waals surface area contributed by atoms with Crippen molar-refractivity contribution in [3.8, 4) is 5.75 Å². The molecule has 1 aromatic carbocycles. The van der Waals surface area contributed by atoms with E-state index in [4.69, 9.17) is 5.73 Å². The number of phenolic OH excluding ortho intramolecular Hbond substituents is 1. The topological polar surface area (TPSA) is 83.5 Å². The third-order valence-corrected chi connectivity index (χ3v) is 5.73. The largest absolute Gasteiger partial charge is 0.508 e. The normalized spacial score (nSPS) is 16.5. The summed E-state index contributed by atoms with van der Waals surface area (Å²) in [5.74, 6) is 1.25. The molecule has 0 aliphatic heterocycles. The zero-order valence-corrected chi connectivity index (χ0v) is 17.9. The fourth-order valence-corrected chi connectivity index (χ4v) is 4.35. The fourth-order valence-electron chi connectivity index (χ4n) is 2.92. The van der Waals surface area contributed by atoms with Crippen LogP contribution in [0.4, 0.5) is 0 Å². The summed E-state index contributed by atoms with van der Waals surface area (Å²) in [6, 6.07) is 4.87. The smallest absolute Gasteiger partial charge is 0.121 e. The first-order valence-corrected chi connectivity index (χ1v) is 11.4. The molecule has 0 bridgehead atoms. The lowest BCUT2D eigenvalue weighted by molar-refractivity contribution is 0.166. The summed E-state index contributed by atoms with van der Waals surface area (Å²) in [6.45, 7) is 8.59. The summed E-state index contributed by atoms with van der Waals surface area (Å²) < 4.78 is 12.5. The van der Waals surface area contributed by atoms with Crippen molar-refractivity contribution in [2.75, 3.05) is 12.3 Å². The maximum Gasteiger partial charge on any atom is 0.121 e. The van der Waals surface area contributed by atoms with E-state index in [0.29, 0.717) is 35.1 Å². The minimum Gasteiger partial charge on any atom is -0.508 e. The lowest BCUT2D eigenvalue weighted by Crippen LogP contribution is -2.15. The lowest BCUT2D eigenvalue weighted by atomic mass is 9.91. The van der Waals surface area contributed by atoms with Gasteiger partial charge in [-0.25, -0.2) is 0 Å². The van der Waals surface area contributed by atoms with Crippen molar-refractivity contribution >= 4 is 10.8 Å². The van der Waals surface area contributed by atoms with Crippen molar-refractivity contribution in [3.63, 3.8) is 0 Å². The first-order chi connectivity index (χ1) is 12.5. The van der Waals surface area contributed by atoms with Gasteiger partial charge in [-0.15, -0.1) is 0 Å². The molecule has 0 heterocycles. The Bertz CT molecular complexity index is 502. The van der Waals surface area contributed by atoms with E-state index < -0.39 is 16.9 Å². The molecule has 26 heavy (non-hydrogen) atoms. The summed E-state index contributed by atoms with van der Waals surface area (Å²) in [7, 11) is -1.07. The Morgan fingerprint density at radius 1 is 1.19 bits per heavy atom. The Kier molecular flexibility index (Phi) is 14.6. The van der Waals surface area contributed by atoms with E-state index in [1.807, 2.05) is 13.8 Å². The van der Waals surface area contributed by atoms with Gasteiger partial charge in [-0.1, -0.05) is 53.4 Å². The molecule has 0 radical (unpaired) electrons. The van der Waals surface area contributed by atoms with Gasteiger partial charge in [0.05, 0.1) is 16.9 Å². The SMILES string of the molecule is CC.CCC.NCCC(O)c1cc(S(=O)CC2CCCCC2)ccc1O. The van der Waals surface area contributed by atoms with Crippen LogP contribution in [-0.2, 0) is 10.8 Å². The Balaban J connectivity index is 0.00000113. The summed E-state index contributed by atoms with van der Waals surface area (Å²) in [4.78, 5) is 0.685. The molecule has 0 spiro atoms. The van der Waals surface area contributed by atoms with Crippen LogP contribution in [0.25, 0.3) is 0 Å². The van der Waals surface area contributed by atoms with Gasteiger partial charge >= 0.3 is 0 Å². The standard InChI is InChI=1S/C16H25NO3S.C3H8.C2H6/c17-9-8-16(19)14-10-13(6-7-15(14)18)21(20)11-12-4-2-1-3-5-12;1-3-2;1-2/h6-7,10,12,16,18-19H,1-5,8-9,11,17H2;3H2,1-2H3;1-2H3. The summed E-state index contributed by atoms with van der Waals surface area (Å²) in [5, 5.41) is 19.8. The second kappa shape index (κ2) is 15.2. The number of phenols is 1. The van der Waals surface area contributed by atoms with E-state index in [1.165, 1.54) is 31.7 Å². The number of benzene rings is 1. The third-order valence-electron chi connectivity index (χ3n) is 4.17. The van der Waals surface area contributed by atoms with Crippen LogP contribution in [-0.4, -0.2) is 26.7 Å². The highest BCUT2D eigenvalue weighted by Crippen LogP contribution is 2.30. The number of hydrogen-bond acceptors (Lipinski definition) is 4. The second-order valence-corrected chi connectivity index (χ2v) is 8.03. The molecular formula is C21H39NO3S. The van der Waals surface area contributed by atoms with Crippen LogP contribution in [0.3, 0.4) is 0 Å². The Morgan fingerprint density at radius 2 is 1.77 bits per heavy atom. The zero-order valence-electron chi connectivity index (χ0n) is 17.0. The Hall–Kier alpha value is -0.910. The first-order valence-electron chi connectivity index (χ1n) is 10.1. The molecule has 1 aliphatic rings.